The summed E-state index contributed by atoms with van der Waals surface area (Å²) in [4.78, 5) is 0. The van der Waals surface area contributed by atoms with E-state index in [1.807, 2.05) is 27.7 Å². The number of hydrogen-bond donors (Lipinski definition) is 0. The molecular weight excluding hydrogens is 240 g/mol. The average molecular weight is 268 g/mol. The molecule has 0 radical (unpaired) electrons. The zero-order valence-corrected chi connectivity index (χ0v) is 12.1. The quantitative estimate of drug-likeness (QED) is 0.432. The molecule has 0 spiro atoms. The van der Waals surface area contributed by atoms with Crippen molar-refractivity contribution in [2.24, 2.45) is 0 Å². The molecule has 0 atom stereocenters. The van der Waals surface area contributed by atoms with Crippen molar-refractivity contribution in [1.29, 1.82) is 0 Å². The summed E-state index contributed by atoms with van der Waals surface area (Å²) < 4.78 is 0. The van der Waals surface area contributed by atoms with Crippen molar-refractivity contribution < 1.29 is 21.1 Å². The molecule has 0 bridgehead atoms. The van der Waals surface area contributed by atoms with Crippen LogP contribution in [0.2, 0.25) is 0 Å². The molecule has 0 aromatic heterocycles. The van der Waals surface area contributed by atoms with Gasteiger partial charge in [-0.3, -0.25) is 0 Å². The van der Waals surface area contributed by atoms with E-state index in [2.05, 4.69) is 27.7 Å². The van der Waals surface area contributed by atoms with E-state index < -0.39 is 0 Å². The zero-order chi connectivity index (χ0) is 10.8. The number of hydrogen-bond acceptors (Lipinski definition) is 0. The van der Waals surface area contributed by atoms with Gasteiger partial charge in [-0.2, -0.15) is 25.7 Å². The van der Waals surface area contributed by atoms with E-state index in [0.717, 1.165) is 25.7 Å². The molecule has 0 fully saturated rings. The molecule has 82 valence electrons. The third-order valence-electron chi connectivity index (χ3n) is 0. The normalized spacial score (nSPS) is 5.54. The van der Waals surface area contributed by atoms with Gasteiger partial charge in [0.05, 0.1) is 0 Å². The van der Waals surface area contributed by atoms with Crippen LogP contribution < -0.4 is 0 Å². The molecule has 0 rings (SSSR count). The second-order valence-electron chi connectivity index (χ2n) is 2.00. The molecule has 0 heterocycles. The van der Waals surface area contributed by atoms with Crippen molar-refractivity contribution in [2.75, 3.05) is 0 Å². The van der Waals surface area contributed by atoms with E-state index in [4.69, 9.17) is 0 Å². The fraction of sp³-hybridized carbons (Fsp3) is 0.667. The van der Waals surface area contributed by atoms with Gasteiger partial charge in [-0.05, 0) is 0 Å². The summed E-state index contributed by atoms with van der Waals surface area (Å²) in [5.74, 6) is 0. The minimum atomic E-state index is 0. The van der Waals surface area contributed by atoms with Crippen molar-refractivity contribution in [3.63, 3.8) is 0 Å². The van der Waals surface area contributed by atoms with Crippen LogP contribution in [0.5, 0.6) is 0 Å². The standard InChI is InChI=1S/4C3H7.Mo/c4*1-3-2;/h4*1,3H2,2H3;/q4*-1;+4. The van der Waals surface area contributed by atoms with Crippen LogP contribution in [0.3, 0.4) is 0 Å². The van der Waals surface area contributed by atoms with Crippen LogP contribution in [0.1, 0.15) is 53.4 Å². The maximum atomic E-state index is 3.49. The van der Waals surface area contributed by atoms with E-state index in [-0.39, 0.29) is 21.1 Å². The fourth-order valence-corrected chi connectivity index (χ4v) is 0. The summed E-state index contributed by atoms with van der Waals surface area (Å²) in [7, 11) is 0. The SMILES string of the molecule is [CH2-]CC.[CH2-]CC.[CH2-]CC.[CH2-]CC.[Mo+4]. The minimum Gasteiger partial charge on any atom is -0.344 e. The topological polar surface area (TPSA) is 0 Å². The molecule has 0 amide bonds. The van der Waals surface area contributed by atoms with Gasteiger partial charge in [0.2, 0.25) is 0 Å². The van der Waals surface area contributed by atoms with Crippen molar-refractivity contribution in [1.82, 2.24) is 0 Å². The van der Waals surface area contributed by atoms with Crippen LogP contribution in [-0.4, -0.2) is 0 Å². The van der Waals surface area contributed by atoms with E-state index in [1.165, 1.54) is 0 Å². The minimum absolute atomic E-state index is 0. The molecule has 0 unspecified atom stereocenters. The van der Waals surface area contributed by atoms with Gasteiger partial charge in [0.25, 0.3) is 0 Å². The summed E-state index contributed by atoms with van der Waals surface area (Å²) in [6.45, 7) is 22.0. The largest absolute Gasteiger partial charge is 4.00 e. The Hall–Kier alpha value is 0.688. The number of rotatable bonds is 0. The van der Waals surface area contributed by atoms with E-state index in [1.54, 1.807) is 0 Å². The first-order valence-corrected chi connectivity index (χ1v) is 4.83. The molecule has 0 saturated heterocycles. The van der Waals surface area contributed by atoms with Crippen LogP contribution in [0.25, 0.3) is 0 Å². The first-order valence-electron chi connectivity index (χ1n) is 4.83. The molecule has 0 nitrogen and oxygen atoms in total. The average Bonchev–Trinajstić information content (AvgIpc) is 1.92. The van der Waals surface area contributed by atoms with Crippen LogP contribution in [0.4, 0.5) is 0 Å². The Bertz CT molecular complexity index is 13.1. The molecule has 0 saturated carbocycles. The maximum absolute atomic E-state index is 3.49. The van der Waals surface area contributed by atoms with Crippen LogP contribution in [0, 0.1) is 27.7 Å². The predicted octanol–water partition coefficient (Wildman–Crippen LogP) is 4.92. The Kier molecular flexibility index (Phi) is 177. The molecular formula is C12H28Mo. The molecule has 0 aliphatic carbocycles. The second kappa shape index (κ2) is 78.9. The van der Waals surface area contributed by atoms with Gasteiger partial charge >= 0.3 is 21.1 Å². The summed E-state index contributed by atoms with van der Waals surface area (Å²) in [5, 5.41) is 0. The Morgan fingerprint density at radius 3 is 0.538 bits per heavy atom. The van der Waals surface area contributed by atoms with E-state index in [0.29, 0.717) is 0 Å². The van der Waals surface area contributed by atoms with Crippen molar-refractivity contribution in [3.05, 3.63) is 27.7 Å². The Balaban J connectivity index is -0.0000000213. The summed E-state index contributed by atoms with van der Waals surface area (Å²) in [5.41, 5.74) is 0. The summed E-state index contributed by atoms with van der Waals surface area (Å²) in [6.07, 6.45) is 4.00. The van der Waals surface area contributed by atoms with E-state index >= 15 is 0 Å². The van der Waals surface area contributed by atoms with Crippen molar-refractivity contribution >= 4 is 0 Å². The van der Waals surface area contributed by atoms with E-state index in [9.17, 15) is 0 Å². The second-order valence-corrected chi connectivity index (χ2v) is 2.00. The van der Waals surface area contributed by atoms with Crippen molar-refractivity contribution in [3.8, 4) is 0 Å². The van der Waals surface area contributed by atoms with Crippen LogP contribution in [0.15, 0.2) is 0 Å². The molecule has 1 heteroatoms. The molecule has 0 aromatic rings. The van der Waals surface area contributed by atoms with Gasteiger partial charge in [-0.25, -0.2) is 0 Å². The summed E-state index contributed by atoms with van der Waals surface area (Å²) >= 11 is 0. The maximum Gasteiger partial charge on any atom is 4.00 e. The Morgan fingerprint density at radius 1 is 0.538 bits per heavy atom. The van der Waals surface area contributed by atoms with Gasteiger partial charge in [0.15, 0.2) is 0 Å². The third-order valence-corrected chi connectivity index (χ3v) is 0. The monoisotopic (exact) mass is 270 g/mol. The smallest absolute Gasteiger partial charge is 0.344 e. The molecule has 0 N–H and O–H groups in total. The van der Waals surface area contributed by atoms with Gasteiger partial charge < -0.3 is 27.7 Å². The first-order chi connectivity index (χ1) is 5.66. The molecule has 13 heavy (non-hydrogen) atoms. The molecule has 0 aromatic carbocycles. The molecule has 0 aliphatic heterocycles. The van der Waals surface area contributed by atoms with Gasteiger partial charge in [-0.1, -0.05) is 27.7 Å². The summed E-state index contributed by atoms with van der Waals surface area (Å²) in [6, 6.07) is 0. The van der Waals surface area contributed by atoms with Gasteiger partial charge in [-0.15, -0.1) is 0 Å². The fourth-order valence-electron chi connectivity index (χ4n) is 0. The predicted molar refractivity (Wildman–Crippen MR) is 62.6 cm³/mol. The van der Waals surface area contributed by atoms with Gasteiger partial charge in [0, 0.05) is 0 Å². The third kappa shape index (κ3) is 3060. The Labute approximate surface area is 102 Å². The van der Waals surface area contributed by atoms with Crippen molar-refractivity contribution in [2.45, 2.75) is 53.4 Å². The zero-order valence-electron chi connectivity index (χ0n) is 10.1. The Morgan fingerprint density at radius 2 is 0.538 bits per heavy atom. The molecule has 0 aliphatic rings. The first kappa shape index (κ1) is 29.2. The van der Waals surface area contributed by atoms with Gasteiger partial charge in [0.1, 0.15) is 0 Å². The van der Waals surface area contributed by atoms with Crippen LogP contribution >= 0.6 is 0 Å². The van der Waals surface area contributed by atoms with Crippen LogP contribution in [-0.2, 0) is 21.1 Å².